The smallest absolute Gasteiger partial charge is 0.374 e. The number of rotatable bonds is 5. The number of anilines is 1. The molecule has 0 spiro atoms. The number of hydrogen-bond donors (Lipinski definition) is 1. The standard InChI is InChI=1S/C14H21F3N2/c1-10-8-12(9-11(2)18)4-5-13(10)19(3)7-6-14(15,16)17/h4-5,8,11H,6-7,9,18H2,1-3H3. The molecule has 108 valence electrons. The minimum absolute atomic E-state index is 0.0308. The van der Waals surface area contributed by atoms with Gasteiger partial charge in [-0.25, -0.2) is 0 Å². The number of nitrogens with zero attached hydrogens (tertiary/aromatic N) is 1. The van der Waals surface area contributed by atoms with Crippen molar-refractivity contribution in [2.45, 2.75) is 38.9 Å². The van der Waals surface area contributed by atoms with Crippen LogP contribution in [0.25, 0.3) is 0 Å². The zero-order valence-corrected chi connectivity index (χ0v) is 11.6. The number of halogens is 3. The van der Waals surface area contributed by atoms with Crippen molar-refractivity contribution in [3.8, 4) is 0 Å². The van der Waals surface area contributed by atoms with Crippen molar-refractivity contribution in [1.82, 2.24) is 0 Å². The van der Waals surface area contributed by atoms with Crippen molar-refractivity contribution in [2.75, 3.05) is 18.5 Å². The predicted molar refractivity (Wildman–Crippen MR) is 72.5 cm³/mol. The van der Waals surface area contributed by atoms with Crippen LogP contribution in [0.4, 0.5) is 18.9 Å². The maximum absolute atomic E-state index is 12.2. The topological polar surface area (TPSA) is 29.3 Å². The van der Waals surface area contributed by atoms with E-state index in [1.807, 2.05) is 32.0 Å². The Hall–Kier alpha value is -1.23. The molecule has 0 aliphatic carbocycles. The molecule has 0 heterocycles. The van der Waals surface area contributed by atoms with E-state index in [0.29, 0.717) is 0 Å². The lowest BCUT2D eigenvalue weighted by Crippen LogP contribution is -2.24. The molecule has 0 saturated heterocycles. The fraction of sp³-hybridized carbons (Fsp3) is 0.571. The van der Waals surface area contributed by atoms with E-state index in [-0.39, 0.29) is 12.6 Å². The van der Waals surface area contributed by atoms with Crippen molar-refractivity contribution in [3.05, 3.63) is 29.3 Å². The normalized spacial score (nSPS) is 13.4. The zero-order chi connectivity index (χ0) is 14.6. The van der Waals surface area contributed by atoms with Crippen LogP contribution in [-0.2, 0) is 6.42 Å². The van der Waals surface area contributed by atoms with Crippen LogP contribution in [0.3, 0.4) is 0 Å². The number of aryl methyl sites for hydroxylation is 1. The molecule has 0 saturated carbocycles. The molecule has 2 nitrogen and oxygen atoms in total. The summed E-state index contributed by atoms with van der Waals surface area (Å²) >= 11 is 0. The fourth-order valence-corrected chi connectivity index (χ4v) is 2.06. The van der Waals surface area contributed by atoms with Crippen LogP contribution in [0.2, 0.25) is 0 Å². The lowest BCUT2D eigenvalue weighted by Gasteiger charge is -2.22. The third kappa shape index (κ3) is 5.51. The highest BCUT2D eigenvalue weighted by atomic mass is 19.4. The molecule has 0 amide bonds. The first-order valence-electron chi connectivity index (χ1n) is 6.32. The first kappa shape index (κ1) is 15.8. The van der Waals surface area contributed by atoms with Crippen LogP contribution in [0.1, 0.15) is 24.5 Å². The average Bonchev–Trinajstić information content (AvgIpc) is 2.24. The molecule has 0 aliphatic rings. The van der Waals surface area contributed by atoms with Gasteiger partial charge in [0.25, 0.3) is 0 Å². The molecule has 0 bridgehead atoms. The molecular weight excluding hydrogens is 253 g/mol. The SMILES string of the molecule is Cc1cc(CC(C)N)ccc1N(C)CCC(F)(F)F. The largest absolute Gasteiger partial charge is 0.390 e. The van der Waals surface area contributed by atoms with Gasteiger partial charge in [-0.15, -0.1) is 0 Å². The second kappa shape index (κ2) is 6.28. The maximum atomic E-state index is 12.2. The van der Waals surface area contributed by atoms with E-state index in [1.54, 1.807) is 11.9 Å². The Balaban J connectivity index is 2.73. The molecule has 19 heavy (non-hydrogen) atoms. The molecule has 0 aromatic heterocycles. The van der Waals surface area contributed by atoms with Gasteiger partial charge in [0.1, 0.15) is 0 Å². The Morgan fingerprint density at radius 1 is 1.32 bits per heavy atom. The van der Waals surface area contributed by atoms with Crippen molar-refractivity contribution in [3.63, 3.8) is 0 Å². The van der Waals surface area contributed by atoms with Crippen molar-refractivity contribution in [2.24, 2.45) is 5.73 Å². The highest BCUT2D eigenvalue weighted by Crippen LogP contribution is 2.24. The van der Waals surface area contributed by atoms with Gasteiger partial charge in [0.2, 0.25) is 0 Å². The molecule has 1 atom stereocenters. The van der Waals surface area contributed by atoms with Crippen LogP contribution >= 0.6 is 0 Å². The molecule has 0 aliphatic heterocycles. The van der Waals surface area contributed by atoms with Crippen LogP contribution in [0, 0.1) is 6.92 Å². The van der Waals surface area contributed by atoms with Crippen LogP contribution < -0.4 is 10.6 Å². The Labute approximate surface area is 112 Å². The third-order valence-electron chi connectivity index (χ3n) is 2.96. The van der Waals surface area contributed by atoms with Gasteiger partial charge in [0.05, 0.1) is 6.42 Å². The van der Waals surface area contributed by atoms with Crippen LogP contribution in [0.15, 0.2) is 18.2 Å². The molecule has 0 radical (unpaired) electrons. The van der Waals surface area contributed by atoms with Gasteiger partial charge in [-0.2, -0.15) is 13.2 Å². The lowest BCUT2D eigenvalue weighted by atomic mass is 10.0. The molecule has 1 aromatic rings. The number of benzene rings is 1. The van der Waals surface area contributed by atoms with Gasteiger partial charge < -0.3 is 10.6 Å². The summed E-state index contributed by atoms with van der Waals surface area (Å²) in [5.41, 5.74) is 8.65. The highest BCUT2D eigenvalue weighted by Gasteiger charge is 2.27. The molecule has 1 aromatic carbocycles. The van der Waals surface area contributed by atoms with E-state index in [0.717, 1.165) is 23.2 Å². The second-order valence-corrected chi connectivity index (χ2v) is 5.09. The minimum atomic E-state index is -4.11. The summed E-state index contributed by atoms with van der Waals surface area (Å²) in [5, 5.41) is 0. The van der Waals surface area contributed by atoms with Crippen LogP contribution in [-0.4, -0.2) is 25.8 Å². The first-order chi connectivity index (χ1) is 8.69. The highest BCUT2D eigenvalue weighted by molar-refractivity contribution is 5.54. The Bertz CT molecular complexity index is 414. The lowest BCUT2D eigenvalue weighted by molar-refractivity contribution is -0.132. The van der Waals surface area contributed by atoms with Gasteiger partial charge in [0.15, 0.2) is 0 Å². The summed E-state index contributed by atoms with van der Waals surface area (Å²) in [4.78, 5) is 1.64. The monoisotopic (exact) mass is 274 g/mol. The summed E-state index contributed by atoms with van der Waals surface area (Å²) < 4.78 is 36.6. The van der Waals surface area contributed by atoms with Gasteiger partial charge in [-0.05, 0) is 37.5 Å². The minimum Gasteiger partial charge on any atom is -0.374 e. The Kier molecular flexibility index (Phi) is 5.23. The summed E-state index contributed by atoms with van der Waals surface area (Å²) in [7, 11) is 1.68. The molecule has 1 rings (SSSR count). The van der Waals surface area contributed by atoms with Gasteiger partial charge >= 0.3 is 6.18 Å². The molecule has 5 heteroatoms. The van der Waals surface area contributed by atoms with E-state index in [4.69, 9.17) is 5.73 Å². The van der Waals surface area contributed by atoms with Gasteiger partial charge in [0, 0.05) is 25.3 Å². The second-order valence-electron chi connectivity index (χ2n) is 5.09. The average molecular weight is 274 g/mol. The van der Waals surface area contributed by atoms with Crippen LogP contribution in [0.5, 0.6) is 0 Å². The third-order valence-corrected chi connectivity index (χ3v) is 2.96. The molecular formula is C14H21F3N2. The Morgan fingerprint density at radius 3 is 2.42 bits per heavy atom. The van der Waals surface area contributed by atoms with E-state index in [2.05, 4.69) is 0 Å². The number of nitrogens with two attached hydrogens (primary N) is 1. The summed E-state index contributed by atoms with van der Waals surface area (Å²) in [6, 6.07) is 5.86. The van der Waals surface area contributed by atoms with Gasteiger partial charge in [-0.1, -0.05) is 12.1 Å². The van der Waals surface area contributed by atoms with Crippen molar-refractivity contribution in [1.29, 1.82) is 0 Å². The van der Waals surface area contributed by atoms with Gasteiger partial charge in [-0.3, -0.25) is 0 Å². The first-order valence-corrected chi connectivity index (χ1v) is 6.32. The quantitative estimate of drug-likeness (QED) is 0.893. The molecule has 1 unspecified atom stereocenters. The van der Waals surface area contributed by atoms with E-state index in [9.17, 15) is 13.2 Å². The van der Waals surface area contributed by atoms with E-state index < -0.39 is 12.6 Å². The summed E-state index contributed by atoms with van der Waals surface area (Å²) in [5.74, 6) is 0. The Morgan fingerprint density at radius 2 is 1.95 bits per heavy atom. The fourth-order valence-electron chi connectivity index (χ4n) is 2.06. The van der Waals surface area contributed by atoms with E-state index in [1.165, 1.54) is 0 Å². The van der Waals surface area contributed by atoms with E-state index >= 15 is 0 Å². The zero-order valence-electron chi connectivity index (χ0n) is 11.6. The number of hydrogen-bond acceptors (Lipinski definition) is 2. The molecule has 2 N–H and O–H groups in total. The van der Waals surface area contributed by atoms with Crippen molar-refractivity contribution < 1.29 is 13.2 Å². The maximum Gasteiger partial charge on any atom is 0.390 e. The summed E-state index contributed by atoms with van der Waals surface area (Å²) in [6.45, 7) is 3.81. The predicted octanol–water partition coefficient (Wildman–Crippen LogP) is 3.27. The molecule has 0 fully saturated rings. The summed E-state index contributed by atoms with van der Waals surface area (Å²) in [6.07, 6.45) is -4.14. The number of alkyl halides is 3. The van der Waals surface area contributed by atoms with Crippen molar-refractivity contribution >= 4 is 5.69 Å².